The Morgan fingerprint density at radius 3 is 2.76 bits per heavy atom. The smallest absolute Gasteiger partial charge is 0.326 e. The topological polar surface area (TPSA) is 62.2 Å². The Labute approximate surface area is 113 Å². The molecule has 2 rings (SSSR count). The second-order valence-electron chi connectivity index (χ2n) is 4.33. The van der Waals surface area contributed by atoms with Gasteiger partial charge in [-0.15, -0.1) is 11.3 Å². The number of carboxylic acids is 1. The number of thiazole rings is 1. The SMILES string of the molecule is O=C(O)C(Nc1nc(Br)cs1)C1CCCCC1. The number of aromatic nitrogens is 1. The van der Waals surface area contributed by atoms with Crippen LogP contribution in [0.15, 0.2) is 9.98 Å². The lowest BCUT2D eigenvalue weighted by Gasteiger charge is -2.27. The molecular weight excluding hydrogens is 304 g/mol. The molecule has 0 aromatic carbocycles. The van der Waals surface area contributed by atoms with Crippen LogP contribution in [0.4, 0.5) is 5.13 Å². The molecule has 94 valence electrons. The number of rotatable bonds is 4. The Balaban J connectivity index is 2.03. The molecule has 1 heterocycles. The van der Waals surface area contributed by atoms with Crippen molar-refractivity contribution in [3.8, 4) is 0 Å². The number of nitrogens with zero attached hydrogens (tertiary/aromatic N) is 1. The van der Waals surface area contributed by atoms with Gasteiger partial charge in [0.25, 0.3) is 0 Å². The van der Waals surface area contributed by atoms with Gasteiger partial charge in [0, 0.05) is 5.38 Å². The van der Waals surface area contributed by atoms with Gasteiger partial charge in [0.15, 0.2) is 5.13 Å². The molecule has 1 unspecified atom stereocenters. The first kappa shape index (κ1) is 12.8. The lowest BCUT2D eigenvalue weighted by Crippen LogP contribution is -2.37. The predicted molar refractivity (Wildman–Crippen MR) is 71.4 cm³/mol. The molecule has 0 spiro atoms. The second-order valence-corrected chi connectivity index (χ2v) is 6.00. The van der Waals surface area contributed by atoms with E-state index in [9.17, 15) is 9.90 Å². The van der Waals surface area contributed by atoms with E-state index in [1.807, 2.05) is 5.38 Å². The Bertz CT molecular complexity index is 391. The van der Waals surface area contributed by atoms with Gasteiger partial charge < -0.3 is 10.4 Å². The first-order chi connectivity index (χ1) is 8.16. The summed E-state index contributed by atoms with van der Waals surface area (Å²) in [4.78, 5) is 15.5. The maximum atomic E-state index is 11.3. The largest absolute Gasteiger partial charge is 0.480 e. The molecule has 17 heavy (non-hydrogen) atoms. The molecule has 0 bridgehead atoms. The molecule has 1 aliphatic rings. The van der Waals surface area contributed by atoms with Gasteiger partial charge in [-0.2, -0.15) is 0 Å². The van der Waals surface area contributed by atoms with E-state index in [2.05, 4.69) is 26.2 Å². The summed E-state index contributed by atoms with van der Waals surface area (Å²) in [6, 6.07) is -0.506. The molecule has 0 aliphatic heterocycles. The van der Waals surface area contributed by atoms with Crippen LogP contribution in [-0.2, 0) is 4.79 Å². The van der Waals surface area contributed by atoms with Crippen LogP contribution in [0.25, 0.3) is 0 Å². The molecule has 1 atom stereocenters. The number of anilines is 1. The highest BCUT2D eigenvalue weighted by Gasteiger charge is 2.29. The van der Waals surface area contributed by atoms with Crippen molar-refractivity contribution in [2.45, 2.75) is 38.1 Å². The van der Waals surface area contributed by atoms with Crippen molar-refractivity contribution < 1.29 is 9.90 Å². The van der Waals surface area contributed by atoms with Crippen molar-refractivity contribution in [3.63, 3.8) is 0 Å². The number of aliphatic carboxylic acids is 1. The number of halogens is 1. The second kappa shape index (κ2) is 5.82. The van der Waals surface area contributed by atoms with Gasteiger partial charge in [-0.05, 0) is 34.7 Å². The molecule has 1 aliphatic carbocycles. The fourth-order valence-electron chi connectivity index (χ4n) is 2.30. The zero-order valence-electron chi connectivity index (χ0n) is 9.36. The molecule has 1 saturated carbocycles. The van der Waals surface area contributed by atoms with Crippen molar-refractivity contribution in [3.05, 3.63) is 9.98 Å². The minimum absolute atomic E-state index is 0.226. The van der Waals surface area contributed by atoms with Crippen LogP contribution in [0.2, 0.25) is 0 Å². The lowest BCUT2D eigenvalue weighted by molar-refractivity contribution is -0.139. The molecule has 0 amide bonds. The third-order valence-electron chi connectivity index (χ3n) is 3.14. The van der Waals surface area contributed by atoms with Gasteiger partial charge in [-0.25, -0.2) is 9.78 Å². The predicted octanol–water partition coefficient (Wildman–Crippen LogP) is 3.35. The summed E-state index contributed by atoms with van der Waals surface area (Å²) in [5.41, 5.74) is 0. The molecule has 2 N–H and O–H groups in total. The van der Waals surface area contributed by atoms with Crippen molar-refractivity contribution in [2.24, 2.45) is 5.92 Å². The fraction of sp³-hybridized carbons (Fsp3) is 0.636. The summed E-state index contributed by atoms with van der Waals surface area (Å²) in [6.07, 6.45) is 5.49. The third kappa shape index (κ3) is 3.42. The monoisotopic (exact) mass is 318 g/mol. The summed E-state index contributed by atoms with van der Waals surface area (Å²) in [5.74, 6) is -0.549. The number of carboxylic acid groups (broad SMARTS) is 1. The lowest BCUT2D eigenvalue weighted by atomic mass is 9.84. The van der Waals surface area contributed by atoms with Gasteiger partial charge in [0.05, 0.1) is 0 Å². The summed E-state index contributed by atoms with van der Waals surface area (Å²) in [5, 5.41) is 14.9. The molecular formula is C11H15BrN2O2S. The molecule has 0 radical (unpaired) electrons. The van der Waals surface area contributed by atoms with Crippen LogP contribution in [0.3, 0.4) is 0 Å². The van der Waals surface area contributed by atoms with Crippen LogP contribution >= 0.6 is 27.3 Å². The van der Waals surface area contributed by atoms with E-state index in [-0.39, 0.29) is 5.92 Å². The van der Waals surface area contributed by atoms with E-state index in [0.29, 0.717) is 5.13 Å². The third-order valence-corrected chi connectivity index (χ3v) is 4.63. The first-order valence-corrected chi connectivity index (χ1v) is 7.44. The van der Waals surface area contributed by atoms with Crippen LogP contribution in [0.1, 0.15) is 32.1 Å². The average Bonchev–Trinajstić information content (AvgIpc) is 2.73. The number of hydrogen-bond donors (Lipinski definition) is 2. The Hall–Kier alpha value is -0.620. The molecule has 4 nitrogen and oxygen atoms in total. The summed E-state index contributed by atoms with van der Waals surface area (Å²) >= 11 is 4.69. The molecule has 1 aromatic heterocycles. The molecule has 0 saturated heterocycles. The van der Waals surface area contributed by atoms with Crippen LogP contribution in [-0.4, -0.2) is 22.1 Å². The Morgan fingerprint density at radius 1 is 1.53 bits per heavy atom. The number of hydrogen-bond acceptors (Lipinski definition) is 4. The van der Waals surface area contributed by atoms with Crippen molar-refractivity contribution in [2.75, 3.05) is 5.32 Å². The minimum atomic E-state index is -0.775. The zero-order chi connectivity index (χ0) is 12.3. The summed E-state index contributed by atoms with van der Waals surface area (Å²) in [6.45, 7) is 0. The van der Waals surface area contributed by atoms with Gasteiger partial charge in [0.2, 0.25) is 0 Å². The highest BCUT2D eigenvalue weighted by atomic mass is 79.9. The van der Waals surface area contributed by atoms with Crippen LogP contribution in [0.5, 0.6) is 0 Å². The van der Waals surface area contributed by atoms with E-state index >= 15 is 0 Å². The normalized spacial score (nSPS) is 18.9. The van der Waals surface area contributed by atoms with E-state index in [0.717, 1.165) is 30.3 Å². The highest BCUT2D eigenvalue weighted by molar-refractivity contribution is 9.10. The van der Waals surface area contributed by atoms with E-state index < -0.39 is 12.0 Å². The maximum absolute atomic E-state index is 11.3. The number of nitrogens with one attached hydrogen (secondary N) is 1. The first-order valence-electron chi connectivity index (χ1n) is 5.77. The fourth-order valence-corrected chi connectivity index (χ4v) is 3.48. The zero-order valence-corrected chi connectivity index (χ0v) is 11.8. The van der Waals surface area contributed by atoms with Crippen molar-refractivity contribution in [1.29, 1.82) is 0 Å². The summed E-state index contributed by atoms with van der Waals surface area (Å²) < 4.78 is 0.748. The van der Waals surface area contributed by atoms with Crippen molar-refractivity contribution in [1.82, 2.24) is 4.98 Å². The Kier molecular flexibility index (Phi) is 4.39. The van der Waals surface area contributed by atoms with Crippen LogP contribution < -0.4 is 5.32 Å². The van der Waals surface area contributed by atoms with Gasteiger partial charge in [-0.3, -0.25) is 0 Å². The van der Waals surface area contributed by atoms with Gasteiger partial charge in [0.1, 0.15) is 10.6 Å². The van der Waals surface area contributed by atoms with Gasteiger partial charge >= 0.3 is 5.97 Å². The standard InChI is InChI=1S/C11H15BrN2O2S/c12-8-6-17-11(13-8)14-9(10(15)16)7-4-2-1-3-5-7/h6-7,9H,1-5H2,(H,13,14)(H,15,16). The van der Waals surface area contributed by atoms with Crippen LogP contribution in [0, 0.1) is 5.92 Å². The van der Waals surface area contributed by atoms with E-state index in [4.69, 9.17) is 0 Å². The minimum Gasteiger partial charge on any atom is -0.480 e. The molecule has 1 fully saturated rings. The molecule has 1 aromatic rings. The maximum Gasteiger partial charge on any atom is 0.326 e. The summed E-state index contributed by atoms with van der Waals surface area (Å²) in [7, 11) is 0. The number of carbonyl (C=O) groups is 1. The quantitative estimate of drug-likeness (QED) is 0.893. The van der Waals surface area contributed by atoms with E-state index in [1.165, 1.54) is 17.8 Å². The highest BCUT2D eigenvalue weighted by Crippen LogP contribution is 2.29. The van der Waals surface area contributed by atoms with E-state index in [1.54, 1.807) is 0 Å². The van der Waals surface area contributed by atoms with Gasteiger partial charge in [-0.1, -0.05) is 19.3 Å². The van der Waals surface area contributed by atoms with Crippen molar-refractivity contribution >= 4 is 38.4 Å². The molecule has 6 heteroatoms. The Morgan fingerprint density at radius 2 is 2.24 bits per heavy atom. The average molecular weight is 319 g/mol.